The number of hydrogen-bond donors (Lipinski definition) is 3. The zero-order valence-electron chi connectivity index (χ0n) is 20.5. The van der Waals surface area contributed by atoms with E-state index >= 15 is 0 Å². The number of halogens is 3. The van der Waals surface area contributed by atoms with Crippen molar-refractivity contribution in [3.8, 4) is 11.3 Å². The van der Waals surface area contributed by atoms with Gasteiger partial charge in [0.25, 0.3) is 5.91 Å². The first-order valence-corrected chi connectivity index (χ1v) is 11.9. The maximum atomic E-state index is 13.0. The molecule has 8 nitrogen and oxygen atoms in total. The van der Waals surface area contributed by atoms with Gasteiger partial charge < -0.3 is 20.5 Å². The standard InChI is InChI=1S/C26H28F3N5O3/c1-15-3-4-19(32-25(36)18-5-8-30-23(11-18)26(27,28)29)12-20(15)22-13-21(17-6-9-37-10-7-17)24(34-33-22)31-16(2)14-35/h3-5,8,11-13,16-17,35H,6-7,9-10,14H2,1-2H3,(H,31,34)(H,32,36). The van der Waals surface area contributed by atoms with E-state index in [4.69, 9.17) is 4.74 Å². The number of aliphatic hydroxyl groups excluding tert-OH is 1. The van der Waals surface area contributed by atoms with Crippen LogP contribution < -0.4 is 10.6 Å². The fourth-order valence-electron chi connectivity index (χ4n) is 4.15. The van der Waals surface area contributed by atoms with E-state index in [1.165, 1.54) is 6.07 Å². The van der Waals surface area contributed by atoms with E-state index in [-0.39, 0.29) is 24.1 Å². The Bertz CT molecular complexity index is 1260. The van der Waals surface area contributed by atoms with Gasteiger partial charge in [-0.05, 0) is 68.5 Å². The van der Waals surface area contributed by atoms with Crippen LogP contribution in [0.2, 0.25) is 0 Å². The van der Waals surface area contributed by atoms with Crippen LogP contribution in [0.5, 0.6) is 0 Å². The monoisotopic (exact) mass is 515 g/mol. The number of ether oxygens (including phenoxy) is 1. The number of rotatable bonds is 7. The van der Waals surface area contributed by atoms with Crippen LogP contribution in [0.3, 0.4) is 0 Å². The van der Waals surface area contributed by atoms with Gasteiger partial charge in [0, 0.05) is 47.8 Å². The van der Waals surface area contributed by atoms with Crippen LogP contribution in [-0.2, 0) is 10.9 Å². The molecule has 0 bridgehead atoms. The molecule has 1 fully saturated rings. The lowest BCUT2D eigenvalue weighted by Gasteiger charge is -2.25. The number of nitrogens with one attached hydrogen (secondary N) is 2. The summed E-state index contributed by atoms with van der Waals surface area (Å²) in [6.45, 7) is 4.97. The number of pyridine rings is 1. The number of aryl methyl sites for hydroxylation is 1. The Hall–Kier alpha value is -3.57. The van der Waals surface area contributed by atoms with Crippen LogP contribution in [0.1, 0.15) is 52.9 Å². The molecule has 2 aromatic heterocycles. The van der Waals surface area contributed by atoms with Crippen molar-refractivity contribution in [2.45, 2.75) is 44.8 Å². The second kappa shape index (κ2) is 11.2. The third kappa shape index (κ3) is 6.41. The highest BCUT2D eigenvalue weighted by Gasteiger charge is 2.33. The number of carbonyl (C=O) groups excluding carboxylic acids is 1. The van der Waals surface area contributed by atoms with Crippen molar-refractivity contribution in [3.05, 3.63) is 65.0 Å². The molecule has 11 heteroatoms. The SMILES string of the molecule is Cc1ccc(NC(=O)c2ccnc(C(F)(F)F)c2)cc1-c1cc(C2CCOCC2)c(NC(C)CO)nn1. The molecule has 3 heterocycles. The zero-order chi connectivity index (χ0) is 26.6. The van der Waals surface area contributed by atoms with Gasteiger partial charge in [-0.15, -0.1) is 10.2 Å². The van der Waals surface area contributed by atoms with Crippen LogP contribution in [-0.4, -0.2) is 52.1 Å². The maximum absolute atomic E-state index is 13.0. The van der Waals surface area contributed by atoms with Gasteiger partial charge in [0.2, 0.25) is 0 Å². The summed E-state index contributed by atoms with van der Waals surface area (Å²) >= 11 is 0. The third-order valence-corrected chi connectivity index (χ3v) is 6.23. The maximum Gasteiger partial charge on any atom is 0.433 e. The zero-order valence-corrected chi connectivity index (χ0v) is 20.5. The van der Waals surface area contributed by atoms with E-state index in [1.54, 1.807) is 18.2 Å². The predicted molar refractivity (Wildman–Crippen MR) is 132 cm³/mol. The fourth-order valence-corrected chi connectivity index (χ4v) is 4.15. The lowest BCUT2D eigenvalue weighted by molar-refractivity contribution is -0.141. The number of anilines is 2. The molecule has 1 atom stereocenters. The van der Waals surface area contributed by atoms with Gasteiger partial charge in [-0.2, -0.15) is 13.2 Å². The Balaban J connectivity index is 1.64. The van der Waals surface area contributed by atoms with Crippen molar-refractivity contribution in [2.24, 2.45) is 0 Å². The van der Waals surface area contributed by atoms with Crippen LogP contribution in [0.25, 0.3) is 11.3 Å². The van der Waals surface area contributed by atoms with Crippen molar-refractivity contribution in [1.29, 1.82) is 0 Å². The van der Waals surface area contributed by atoms with Gasteiger partial charge in [-0.3, -0.25) is 9.78 Å². The third-order valence-electron chi connectivity index (χ3n) is 6.23. The number of aliphatic hydroxyl groups is 1. The van der Waals surface area contributed by atoms with Crippen molar-refractivity contribution in [1.82, 2.24) is 15.2 Å². The highest BCUT2D eigenvalue weighted by atomic mass is 19.4. The molecule has 3 aromatic rings. The second-order valence-corrected chi connectivity index (χ2v) is 9.06. The molecule has 0 saturated carbocycles. The molecule has 1 aliphatic rings. The van der Waals surface area contributed by atoms with Gasteiger partial charge in [0.1, 0.15) is 5.69 Å². The number of aromatic nitrogens is 3. The summed E-state index contributed by atoms with van der Waals surface area (Å²) < 4.78 is 44.5. The molecule has 1 amide bonds. The Morgan fingerprint density at radius 2 is 1.92 bits per heavy atom. The van der Waals surface area contributed by atoms with Gasteiger partial charge in [0.15, 0.2) is 5.82 Å². The van der Waals surface area contributed by atoms with Crippen LogP contribution in [0, 0.1) is 6.92 Å². The van der Waals surface area contributed by atoms with Gasteiger partial charge in [0.05, 0.1) is 12.3 Å². The molecule has 3 N–H and O–H groups in total. The Morgan fingerprint density at radius 1 is 1.16 bits per heavy atom. The topological polar surface area (TPSA) is 109 Å². The van der Waals surface area contributed by atoms with Crippen LogP contribution >= 0.6 is 0 Å². The first-order chi connectivity index (χ1) is 17.7. The van der Waals surface area contributed by atoms with Gasteiger partial charge in [-0.1, -0.05) is 6.07 Å². The molecule has 1 saturated heterocycles. The molecular weight excluding hydrogens is 487 g/mol. The lowest BCUT2D eigenvalue weighted by Crippen LogP contribution is -2.23. The van der Waals surface area contributed by atoms with Crippen LogP contribution in [0.4, 0.5) is 24.7 Å². The number of benzene rings is 1. The van der Waals surface area contributed by atoms with E-state index in [0.717, 1.165) is 41.8 Å². The molecule has 37 heavy (non-hydrogen) atoms. The number of amides is 1. The van der Waals surface area contributed by atoms with Crippen molar-refractivity contribution < 1.29 is 27.8 Å². The average molecular weight is 516 g/mol. The number of hydrogen-bond acceptors (Lipinski definition) is 7. The molecule has 4 rings (SSSR count). The molecule has 0 spiro atoms. The summed E-state index contributed by atoms with van der Waals surface area (Å²) in [6, 6.07) is 8.90. The number of nitrogens with zero attached hydrogens (tertiary/aromatic N) is 3. The van der Waals surface area contributed by atoms with Gasteiger partial charge in [-0.25, -0.2) is 0 Å². The normalized spacial score (nSPS) is 15.3. The van der Waals surface area contributed by atoms with Crippen molar-refractivity contribution >= 4 is 17.4 Å². The van der Waals surface area contributed by atoms with E-state index in [1.807, 2.05) is 19.9 Å². The minimum atomic E-state index is -4.65. The first kappa shape index (κ1) is 26.5. The molecule has 1 unspecified atom stereocenters. The lowest BCUT2D eigenvalue weighted by atomic mass is 9.90. The highest BCUT2D eigenvalue weighted by molar-refractivity contribution is 6.04. The molecule has 1 aromatic carbocycles. The quantitative estimate of drug-likeness (QED) is 0.415. The van der Waals surface area contributed by atoms with E-state index < -0.39 is 17.8 Å². The van der Waals surface area contributed by atoms with Crippen molar-refractivity contribution in [3.63, 3.8) is 0 Å². The van der Waals surface area contributed by atoms with E-state index in [2.05, 4.69) is 25.8 Å². The second-order valence-electron chi connectivity index (χ2n) is 9.06. The fraction of sp³-hybridized carbons (Fsp3) is 0.385. The van der Waals surface area contributed by atoms with Crippen LogP contribution in [0.15, 0.2) is 42.6 Å². The Labute approximate surface area is 212 Å². The average Bonchev–Trinajstić information content (AvgIpc) is 2.90. The first-order valence-electron chi connectivity index (χ1n) is 11.9. The summed E-state index contributed by atoms with van der Waals surface area (Å²) in [5.41, 5.74) is 2.30. The number of carbonyl (C=O) groups is 1. The minimum absolute atomic E-state index is 0.0561. The minimum Gasteiger partial charge on any atom is -0.394 e. The molecule has 1 aliphatic heterocycles. The summed E-state index contributed by atoms with van der Waals surface area (Å²) in [5.74, 6) is 0.126. The molecule has 196 valence electrons. The summed E-state index contributed by atoms with van der Waals surface area (Å²) in [6.07, 6.45) is -2.04. The Kier molecular flexibility index (Phi) is 8.03. The summed E-state index contributed by atoms with van der Waals surface area (Å²) in [5, 5.41) is 24.2. The Morgan fingerprint density at radius 3 is 2.62 bits per heavy atom. The molecular formula is C26H28F3N5O3. The predicted octanol–water partition coefficient (Wildman–Crippen LogP) is 4.80. The summed E-state index contributed by atoms with van der Waals surface area (Å²) in [4.78, 5) is 16.0. The molecule has 0 radical (unpaired) electrons. The van der Waals surface area contributed by atoms with Crippen molar-refractivity contribution in [2.75, 3.05) is 30.5 Å². The number of alkyl halides is 3. The summed E-state index contributed by atoms with van der Waals surface area (Å²) in [7, 11) is 0. The van der Waals surface area contributed by atoms with E-state index in [9.17, 15) is 23.1 Å². The van der Waals surface area contributed by atoms with E-state index in [0.29, 0.717) is 30.4 Å². The highest BCUT2D eigenvalue weighted by Crippen LogP contribution is 2.35. The van der Waals surface area contributed by atoms with Gasteiger partial charge >= 0.3 is 6.18 Å². The largest absolute Gasteiger partial charge is 0.433 e. The molecule has 0 aliphatic carbocycles. The smallest absolute Gasteiger partial charge is 0.394 e.